The second kappa shape index (κ2) is 14.3. The third-order valence-corrected chi connectivity index (χ3v) is 6.03. The van der Waals surface area contributed by atoms with Crippen LogP contribution in [0.5, 0.6) is 5.88 Å². The summed E-state index contributed by atoms with van der Waals surface area (Å²) in [7, 11) is 3.01. The number of nitrogens with zero attached hydrogens (tertiary/aromatic N) is 3. The Bertz CT molecular complexity index is 751. The highest BCUT2D eigenvalue weighted by Crippen LogP contribution is 2.40. The minimum Gasteiger partial charge on any atom is -0.474 e. The van der Waals surface area contributed by atoms with Crippen molar-refractivity contribution in [3.63, 3.8) is 0 Å². The quantitative estimate of drug-likeness (QED) is 0.748. The van der Waals surface area contributed by atoms with E-state index < -0.39 is 0 Å². The molecule has 0 saturated heterocycles. The maximum atomic E-state index is 7.96. The van der Waals surface area contributed by atoms with E-state index in [0.29, 0.717) is 6.10 Å². The summed E-state index contributed by atoms with van der Waals surface area (Å²) >= 11 is 1.83. The fourth-order valence-corrected chi connectivity index (χ4v) is 4.60. The molecule has 2 aliphatic rings. The van der Waals surface area contributed by atoms with E-state index in [1.54, 1.807) is 13.3 Å². The highest BCUT2D eigenvalue weighted by molar-refractivity contribution is 7.18. The average molecular weight is 421 g/mol. The van der Waals surface area contributed by atoms with Gasteiger partial charge in [0.25, 0.3) is 0 Å². The maximum Gasteiger partial charge on any atom is 0.225 e. The number of thiophene rings is 1. The Morgan fingerprint density at radius 1 is 1.14 bits per heavy atom. The first-order valence-corrected chi connectivity index (χ1v) is 11.5. The summed E-state index contributed by atoms with van der Waals surface area (Å²) < 4.78 is 10.7. The molecular formula is C22H36N4O2S. The number of nitriles is 1. The minimum absolute atomic E-state index is 0.259. The first kappa shape index (κ1) is 25.3. The second-order valence-electron chi connectivity index (χ2n) is 6.60. The number of aromatic nitrogens is 2. The Morgan fingerprint density at radius 3 is 2.41 bits per heavy atom. The lowest BCUT2D eigenvalue weighted by molar-refractivity contribution is 0.150. The van der Waals surface area contributed by atoms with Crippen LogP contribution in [0.3, 0.4) is 0 Å². The van der Waals surface area contributed by atoms with Crippen LogP contribution in [0.15, 0.2) is 6.33 Å². The molecule has 29 heavy (non-hydrogen) atoms. The summed E-state index contributed by atoms with van der Waals surface area (Å²) in [4.78, 5) is 11.5. The van der Waals surface area contributed by atoms with Gasteiger partial charge in [0.1, 0.15) is 23.4 Å². The number of rotatable bonds is 3. The molecule has 0 spiro atoms. The van der Waals surface area contributed by atoms with Gasteiger partial charge in [0.2, 0.25) is 5.88 Å². The third-order valence-electron chi connectivity index (χ3n) is 4.83. The molecule has 1 unspecified atom stereocenters. The number of hydrogen-bond acceptors (Lipinski definition) is 7. The third kappa shape index (κ3) is 7.22. The van der Waals surface area contributed by atoms with Crippen molar-refractivity contribution in [1.82, 2.24) is 9.97 Å². The molecule has 1 atom stereocenters. The largest absolute Gasteiger partial charge is 0.474 e. The van der Waals surface area contributed by atoms with Gasteiger partial charge < -0.3 is 15.2 Å². The second-order valence-corrected chi connectivity index (χ2v) is 7.68. The molecule has 2 heterocycles. The number of ether oxygens (including phenoxy) is 2. The molecular weight excluding hydrogens is 384 g/mol. The van der Waals surface area contributed by atoms with Crippen LogP contribution in [0.1, 0.15) is 69.7 Å². The van der Waals surface area contributed by atoms with Crippen molar-refractivity contribution in [3.05, 3.63) is 16.8 Å². The lowest BCUT2D eigenvalue weighted by Crippen LogP contribution is -2.20. The van der Waals surface area contributed by atoms with Gasteiger partial charge >= 0.3 is 0 Å². The SMILES string of the molecule is CC.CN.COC(C)C#N.c1nc(OC2CCCCC2)c2c3c(sc2n1)CCC3. The van der Waals surface area contributed by atoms with Gasteiger partial charge in [0.15, 0.2) is 0 Å². The predicted octanol–water partition coefficient (Wildman–Crippen LogP) is 5.04. The molecule has 7 heteroatoms. The van der Waals surface area contributed by atoms with E-state index in [-0.39, 0.29) is 6.10 Å². The topological polar surface area (TPSA) is 94.1 Å². The van der Waals surface area contributed by atoms with Crippen LogP contribution in [0.25, 0.3) is 10.2 Å². The number of aryl methyl sites for hydroxylation is 2. The highest BCUT2D eigenvalue weighted by atomic mass is 32.1. The van der Waals surface area contributed by atoms with Crippen LogP contribution in [-0.4, -0.2) is 36.3 Å². The van der Waals surface area contributed by atoms with Gasteiger partial charge in [0.05, 0.1) is 11.5 Å². The lowest BCUT2D eigenvalue weighted by atomic mass is 9.98. The monoisotopic (exact) mass is 420 g/mol. The molecule has 0 amide bonds. The highest BCUT2D eigenvalue weighted by Gasteiger charge is 2.23. The summed E-state index contributed by atoms with van der Waals surface area (Å²) in [6, 6.07) is 1.89. The van der Waals surface area contributed by atoms with Crippen LogP contribution in [0.2, 0.25) is 0 Å². The van der Waals surface area contributed by atoms with Gasteiger partial charge in [-0.3, -0.25) is 0 Å². The molecule has 6 nitrogen and oxygen atoms in total. The molecule has 2 N–H and O–H groups in total. The van der Waals surface area contributed by atoms with Crippen LogP contribution < -0.4 is 10.5 Å². The van der Waals surface area contributed by atoms with Gasteiger partial charge in [-0.25, -0.2) is 9.97 Å². The molecule has 162 valence electrons. The zero-order chi connectivity index (χ0) is 21.6. The molecule has 0 aliphatic heterocycles. The average Bonchev–Trinajstić information content (AvgIpc) is 3.39. The van der Waals surface area contributed by atoms with E-state index in [4.69, 9.17) is 10.00 Å². The molecule has 2 aliphatic carbocycles. The summed E-state index contributed by atoms with van der Waals surface area (Å²) in [5, 5.41) is 9.17. The van der Waals surface area contributed by atoms with Crippen molar-refractivity contribution in [3.8, 4) is 11.9 Å². The molecule has 2 aromatic heterocycles. The Morgan fingerprint density at radius 2 is 1.83 bits per heavy atom. The molecule has 1 fully saturated rings. The molecule has 0 bridgehead atoms. The predicted molar refractivity (Wildman–Crippen MR) is 120 cm³/mol. The van der Waals surface area contributed by atoms with E-state index >= 15 is 0 Å². The molecule has 0 radical (unpaired) electrons. The number of fused-ring (bicyclic) bond motifs is 3. The normalized spacial score (nSPS) is 16.0. The van der Waals surface area contributed by atoms with Crippen LogP contribution >= 0.6 is 11.3 Å². The number of nitrogens with two attached hydrogens (primary N) is 1. The molecule has 0 aromatic carbocycles. The Kier molecular flexibility index (Phi) is 12.4. The van der Waals surface area contributed by atoms with Crippen LogP contribution in [0, 0.1) is 11.3 Å². The minimum atomic E-state index is -0.259. The van der Waals surface area contributed by atoms with E-state index in [1.807, 2.05) is 31.3 Å². The van der Waals surface area contributed by atoms with Gasteiger partial charge in [-0.1, -0.05) is 20.3 Å². The van der Waals surface area contributed by atoms with E-state index in [2.05, 4.69) is 20.4 Å². The van der Waals surface area contributed by atoms with Gasteiger partial charge in [-0.2, -0.15) is 5.26 Å². The van der Waals surface area contributed by atoms with Crippen LogP contribution in [0.4, 0.5) is 0 Å². The van der Waals surface area contributed by atoms with E-state index in [9.17, 15) is 0 Å². The van der Waals surface area contributed by atoms with Crippen molar-refractivity contribution >= 4 is 21.6 Å². The number of methoxy groups -OCH3 is 1. The maximum absolute atomic E-state index is 7.96. The fourth-order valence-electron chi connectivity index (χ4n) is 3.38. The van der Waals surface area contributed by atoms with E-state index in [0.717, 1.165) is 10.7 Å². The van der Waals surface area contributed by atoms with Gasteiger partial charge in [0, 0.05) is 12.0 Å². The standard InChI is InChI=1S/C15H18N2OS.C4H7NO.C2H6.CH5N/c1-2-5-10(6-3-1)18-14-13-11-7-4-8-12(11)19-15(13)17-9-16-14;1-4(3-5)6-2;2*1-2/h9-10H,1-8H2;4H,1-2H3;1-2H3;2H2,1H3. The zero-order valence-corrected chi connectivity index (χ0v) is 19.3. The Balaban J connectivity index is 0.000000361. The fraction of sp³-hybridized carbons (Fsp3) is 0.682. The zero-order valence-electron chi connectivity index (χ0n) is 18.5. The molecule has 1 saturated carbocycles. The smallest absolute Gasteiger partial charge is 0.225 e. The van der Waals surface area contributed by atoms with Gasteiger partial charge in [-0.15, -0.1) is 11.3 Å². The summed E-state index contributed by atoms with van der Waals surface area (Å²) in [6.45, 7) is 5.69. The van der Waals surface area contributed by atoms with Crippen molar-refractivity contribution in [2.45, 2.75) is 84.3 Å². The first-order valence-electron chi connectivity index (χ1n) is 10.6. The Hall–Kier alpha value is -1.75. The van der Waals surface area contributed by atoms with Gasteiger partial charge in [-0.05, 0) is 64.5 Å². The van der Waals surface area contributed by atoms with Crippen LogP contribution in [-0.2, 0) is 17.6 Å². The van der Waals surface area contributed by atoms with E-state index in [1.165, 1.54) is 81.4 Å². The summed E-state index contributed by atoms with van der Waals surface area (Å²) in [5.41, 5.74) is 5.96. The van der Waals surface area contributed by atoms with Crippen molar-refractivity contribution < 1.29 is 9.47 Å². The molecule has 2 aromatic rings. The Labute approximate surface area is 179 Å². The van der Waals surface area contributed by atoms with Crippen molar-refractivity contribution in [1.29, 1.82) is 5.26 Å². The summed E-state index contributed by atoms with van der Waals surface area (Å²) in [5.74, 6) is 0.844. The molecule has 4 rings (SSSR count). The first-order chi connectivity index (χ1) is 14.2. The van der Waals surface area contributed by atoms with Crippen molar-refractivity contribution in [2.75, 3.05) is 14.2 Å². The number of hydrogen-bond donors (Lipinski definition) is 1. The van der Waals surface area contributed by atoms with Crippen molar-refractivity contribution in [2.24, 2.45) is 5.73 Å². The summed E-state index contributed by atoms with van der Waals surface area (Å²) in [6.07, 6.45) is 11.7. The lowest BCUT2D eigenvalue weighted by Gasteiger charge is -2.22.